The first-order valence-electron chi connectivity index (χ1n) is 6.72. The molecule has 17 heavy (non-hydrogen) atoms. The molecule has 1 aromatic rings. The average Bonchev–Trinajstić information content (AvgIpc) is 2.29. The van der Waals surface area contributed by atoms with Gasteiger partial charge in [0.15, 0.2) is 0 Å². The zero-order valence-corrected chi connectivity index (χ0v) is 12.0. The normalized spacial score (nSPS) is 13.5. The number of hydrogen-bond donors (Lipinski definition) is 0. The molecule has 0 fully saturated rings. The lowest BCUT2D eigenvalue weighted by molar-refractivity contribution is 0.504. The maximum Gasteiger partial charge on any atom is -0.0170 e. The van der Waals surface area contributed by atoms with Crippen molar-refractivity contribution in [1.82, 2.24) is 0 Å². The van der Waals surface area contributed by atoms with Crippen LogP contribution in [0, 0.1) is 5.41 Å². The Balaban J connectivity index is 3.13. The molecule has 0 unspecified atom stereocenters. The molecule has 0 N–H and O–H groups in total. The highest BCUT2D eigenvalue weighted by Crippen LogP contribution is 2.34. The molecule has 0 aliphatic carbocycles. The van der Waals surface area contributed by atoms with E-state index in [1.165, 1.54) is 30.4 Å². The Bertz CT molecular complexity index is 363. The monoisotopic (exact) mass is 230 g/mol. The lowest BCUT2D eigenvalue weighted by Crippen LogP contribution is -2.09. The molecule has 0 amide bonds. The summed E-state index contributed by atoms with van der Waals surface area (Å²) in [5, 5.41) is 0. The van der Waals surface area contributed by atoms with Gasteiger partial charge in [0, 0.05) is 0 Å². The first kappa shape index (κ1) is 14.0. The third-order valence-electron chi connectivity index (χ3n) is 3.48. The minimum Gasteiger partial charge on any atom is -0.0654 e. The second-order valence-electron chi connectivity index (χ2n) is 5.82. The standard InChI is InChI=1S/C17H26/c1-6-7-13-16(14(2)17(3,4)5)15-11-9-8-10-12-15/h8-12H,6-7,13H2,1-5H3/b16-14-. The van der Waals surface area contributed by atoms with E-state index >= 15 is 0 Å². The summed E-state index contributed by atoms with van der Waals surface area (Å²) in [6.45, 7) is 11.5. The van der Waals surface area contributed by atoms with Crippen LogP contribution in [0.15, 0.2) is 35.9 Å². The van der Waals surface area contributed by atoms with Crippen LogP contribution in [0.3, 0.4) is 0 Å². The lowest BCUT2D eigenvalue weighted by atomic mass is 9.81. The van der Waals surface area contributed by atoms with Crippen molar-refractivity contribution >= 4 is 5.57 Å². The van der Waals surface area contributed by atoms with E-state index in [1.54, 1.807) is 5.57 Å². The van der Waals surface area contributed by atoms with E-state index < -0.39 is 0 Å². The molecule has 0 radical (unpaired) electrons. The van der Waals surface area contributed by atoms with Crippen LogP contribution in [-0.2, 0) is 0 Å². The molecule has 0 nitrogen and oxygen atoms in total. The molecule has 94 valence electrons. The van der Waals surface area contributed by atoms with Crippen molar-refractivity contribution in [1.29, 1.82) is 0 Å². The van der Waals surface area contributed by atoms with E-state index in [1.807, 2.05) is 0 Å². The molecular weight excluding hydrogens is 204 g/mol. The molecular formula is C17H26. The summed E-state index contributed by atoms with van der Waals surface area (Å²) in [5.74, 6) is 0. The van der Waals surface area contributed by atoms with Gasteiger partial charge in [-0.2, -0.15) is 0 Å². The third kappa shape index (κ3) is 4.03. The van der Waals surface area contributed by atoms with Crippen LogP contribution >= 0.6 is 0 Å². The Labute approximate surface area is 107 Å². The molecule has 1 rings (SSSR count). The molecule has 0 aromatic heterocycles. The van der Waals surface area contributed by atoms with Gasteiger partial charge in [0.25, 0.3) is 0 Å². The van der Waals surface area contributed by atoms with E-state index in [9.17, 15) is 0 Å². The fraction of sp³-hybridized carbons (Fsp3) is 0.529. The van der Waals surface area contributed by atoms with Gasteiger partial charge in [-0.1, -0.05) is 70.0 Å². The van der Waals surface area contributed by atoms with Crippen LogP contribution in [-0.4, -0.2) is 0 Å². The summed E-state index contributed by atoms with van der Waals surface area (Å²) in [4.78, 5) is 0. The van der Waals surface area contributed by atoms with Gasteiger partial charge in [-0.15, -0.1) is 0 Å². The van der Waals surface area contributed by atoms with Crippen LogP contribution in [0.5, 0.6) is 0 Å². The molecule has 0 saturated carbocycles. The molecule has 0 saturated heterocycles. The van der Waals surface area contributed by atoms with Gasteiger partial charge in [-0.05, 0) is 36.3 Å². The summed E-state index contributed by atoms with van der Waals surface area (Å²) < 4.78 is 0. The van der Waals surface area contributed by atoms with Crippen molar-refractivity contribution in [3.05, 3.63) is 41.5 Å². The first-order chi connectivity index (χ1) is 7.96. The zero-order chi connectivity index (χ0) is 12.9. The Kier molecular flexibility index (Phi) is 4.99. The molecule has 0 atom stereocenters. The van der Waals surface area contributed by atoms with Crippen molar-refractivity contribution in [3.8, 4) is 0 Å². The van der Waals surface area contributed by atoms with Gasteiger partial charge in [0.2, 0.25) is 0 Å². The highest BCUT2D eigenvalue weighted by molar-refractivity contribution is 5.69. The fourth-order valence-electron chi connectivity index (χ4n) is 1.99. The van der Waals surface area contributed by atoms with Crippen LogP contribution in [0.1, 0.15) is 59.4 Å². The van der Waals surface area contributed by atoms with Gasteiger partial charge < -0.3 is 0 Å². The summed E-state index contributed by atoms with van der Waals surface area (Å²) in [6, 6.07) is 10.8. The van der Waals surface area contributed by atoms with E-state index in [4.69, 9.17) is 0 Å². The smallest absolute Gasteiger partial charge is 0.0170 e. The van der Waals surface area contributed by atoms with E-state index in [-0.39, 0.29) is 5.41 Å². The van der Waals surface area contributed by atoms with Crippen LogP contribution in [0.2, 0.25) is 0 Å². The summed E-state index contributed by atoms with van der Waals surface area (Å²) in [7, 11) is 0. The molecule has 1 aromatic carbocycles. The number of unbranched alkanes of at least 4 members (excludes halogenated alkanes) is 1. The highest BCUT2D eigenvalue weighted by atomic mass is 14.2. The second-order valence-corrected chi connectivity index (χ2v) is 5.82. The number of allylic oxidation sites excluding steroid dienone is 2. The van der Waals surface area contributed by atoms with Crippen molar-refractivity contribution in [2.24, 2.45) is 5.41 Å². The zero-order valence-electron chi connectivity index (χ0n) is 12.0. The summed E-state index contributed by atoms with van der Waals surface area (Å²) >= 11 is 0. The van der Waals surface area contributed by atoms with Gasteiger partial charge in [-0.25, -0.2) is 0 Å². The molecule has 0 bridgehead atoms. The number of rotatable bonds is 4. The van der Waals surface area contributed by atoms with Crippen molar-refractivity contribution in [3.63, 3.8) is 0 Å². The molecule has 0 heteroatoms. The van der Waals surface area contributed by atoms with Crippen molar-refractivity contribution in [2.45, 2.75) is 53.9 Å². The van der Waals surface area contributed by atoms with E-state index in [2.05, 4.69) is 65.0 Å². The summed E-state index contributed by atoms with van der Waals surface area (Å²) in [5.41, 5.74) is 4.73. The van der Waals surface area contributed by atoms with Crippen LogP contribution in [0.4, 0.5) is 0 Å². The highest BCUT2D eigenvalue weighted by Gasteiger charge is 2.17. The Hall–Kier alpha value is -1.04. The van der Waals surface area contributed by atoms with Gasteiger partial charge in [0.1, 0.15) is 0 Å². The fourth-order valence-corrected chi connectivity index (χ4v) is 1.99. The maximum absolute atomic E-state index is 2.30. The van der Waals surface area contributed by atoms with Crippen LogP contribution < -0.4 is 0 Å². The van der Waals surface area contributed by atoms with E-state index in [0.29, 0.717) is 0 Å². The van der Waals surface area contributed by atoms with Crippen molar-refractivity contribution in [2.75, 3.05) is 0 Å². The largest absolute Gasteiger partial charge is 0.0654 e. The SMILES string of the molecule is CCCC/C(=C(\C)C(C)(C)C)c1ccccc1. The van der Waals surface area contributed by atoms with Crippen LogP contribution in [0.25, 0.3) is 5.57 Å². The minimum atomic E-state index is 0.263. The first-order valence-corrected chi connectivity index (χ1v) is 6.72. The Morgan fingerprint density at radius 2 is 1.65 bits per heavy atom. The van der Waals surface area contributed by atoms with Crippen molar-refractivity contribution < 1.29 is 0 Å². The second kappa shape index (κ2) is 6.05. The predicted octanol–water partition coefficient (Wildman–Crippen LogP) is 5.70. The Morgan fingerprint density at radius 3 is 2.12 bits per heavy atom. The topological polar surface area (TPSA) is 0 Å². The van der Waals surface area contributed by atoms with E-state index in [0.717, 1.165) is 0 Å². The van der Waals surface area contributed by atoms with Gasteiger partial charge >= 0.3 is 0 Å². The third-order valence-corrected chi connectivity index (χ3v) is 3.48. The molecule has 0 aliphatic rings. The molecule has 0 spiro atoms. The van der Waals surface area contributed by atoms with Gasteiger partial charge in [0.05, 0.1) is 0 Å². The minimum absolute atomic E-state index is 0.263. The number of benzene rings is 1. The lowest BCUT2D eigenvalue weighted by Gasteiger charge is -2.24. The molecule has 0 heterocycles. The molecule has 0 aliphatic heterocycles. The average molecular weight is 230 g/mol. The number of hydrogen-bond acceptors (Lipinski definition) is 0. The Morgan fingerprint density at radius 1 is 1.06 bits per heavy atom. The predicted molar refractivity (Wildman–Crippen MR) is 78.0 cm³/mol. The quantitative estimate of drug-likeness (QED) is 0.622. The maximum atomic E-state index is 2.30. The summed E-state index contributed by atoms with van der Waals surface area (Å²) in [6.07, 6.45) is 3.73. The van der Waals surface area contributed by atoms with Gasteiger partial charge in [-0.3, -0.25) is 0 Å².